The highest BCUT2D eigenvalue weighted by Crippen LogP contribution is 2.31. The van der Waals surface area contributed by atoms with Gasteiger partial charge < -0.3 is 9.80 Å². The van der Waals surface area contributed by atoms with E-state index in [9.17, 15) is 18.0 Å². The lowest BCUT2D eigenvalue weighted by atomic mass is 10.1. The fraction of sp³-hybridized carbons (Fsp3) is 0.333. The molecule has 5 nitrogen and oxygen atoms in total. The summed E-state index contributed by atoms with van der Waals surface area (Å²) in [5.74, 6) is -0.0232. The first-order valence-electron chi connectivity index (χ1n) is 10.4. The van der Waals surface area contributed by atoms with Gasteiger partial charge in [0.2, 0.25) is 5.91 Å². The van der Waals surface area contributed by atoms with Gasteiger partial charge in [0.25, 0.3) is 0 Å². The number of nitrogens with zero attached hydrogens (tertiary/aromatic N) is 4. The van der Waals surface area contributed by atoms with E-state index >= 15 is 0 Å². The van der Waals surface area contributed by atoms with Gasteiger partial charge in [-0.3, -0.25) is 4.79 Å². The van der Waals surface area contributed by atoms with Gasteiger partial charge in [-0.2, -0.15) is 18.3 Å². The number of amides is 1. The Morgan fingerprint density at radius 1 is 1.06 bits per heavy atom. The molecule has 1 aliphatic rings. The molecule has 0 radical (unpaired) electrons. The monoisotopic (exact) mass is 442 g/mol. The quantitative estimate of drug-likeness (QED) is 0.599. The van der Waals surface area contributed by atoms with Crippen molar-refractivity contribution in [2.45, 2.75) is 33.0 Å². The fourth-order valence-electron chi connectivity index (χ4n) is 4.16. The Hall–Kier alpha value is -3.29. The number of hydrogen-bond donors (Lipinski definition) is 0. The van der Waals surface area contributed by atoms with Crippen LogP contribution in [0.4, 0.5) is 18.9 Å². The molecule has 0 saturated heterocycles. The number of aromatic nitrogens is 2. The van der Waals surface area contributed by atoms with Gasteiger partial charge in [0.15, 0.2) is 0 Å². The summed E-state index contributed by atoms with van der Waals surface area (Å²) in [5, 5.41) is 4.44. The van der Waals surface area contributed by atoms with E-state index in [1.54, 1.807) is 19.9 Å². The average Bonchev–Trinajstić information content (AvgIpc) is 2.93. The van der Waals surface area contributed by atoms with E-state index in [0.29, 0.717) is 30.2 Å². The molecule has 4 rings (SSSR count). The minimum Gasteiger partial charge on any atom is -0.373 e. The van der Waals surface area contributed by atoms with Crippen LogP contribution < -0.4 is 4.90 Å². The first kappa shape index (κ1) is 21.9. The highest BCUT2D eigenvalue weighted by Gasteiger charge is 2.31. The number of para-hydroxylation sites is 1. The maximum atomic E-state index is 13.2. The first-order valence-corrected chi connectivity index (χ1v) is 10.4. The van der Waals surface area contributed by atoms with Crippen molar-refractivity contribution in [1.29, 1.82) is 0 Å². The number of rotatable bonds is 3. The number of aryl methyl sites for hydroxylation is 1. The number of benzene rings is 2. The maximum Gasteiger partial charge on any atom is 0.416 e. The summed E-state index contributed by atoms with van der Waals surface area (Å²) in [4.78, 5) is 17.2. The molecule has 32 heavy (non-hydrogen) atoms. The molecule has 1 amide bonds. The molecular weight excluding hydrogens is 417 g/mol. The van der Waals surface area contributed by atoms with Crippen molar-refractivity contribution in [3.05, 3.63) is 76.6 Å². The largest absolute Gasteiger partial charge is 0.416 e. The van der Waals surface area contributed by atoms with Crippen LogP contribution in [0.5, 0.6) is 0 Å². The van der Waals surface area contributed by atoms with Gasteiger partial charge in [-0.15, -0.1) is 0 Å². The summed E-state index contributed by atoms with van der Waals surface area (Å²) < 4.78 is 40.9. The van der Waals surface area contributed by atoms with E-state index < -0.39 is 11.7 Å². The van der Waals surface area contributed by atoms with Gasteiger partial charge in [0.1, 0.15) is 0 Å². The summed E-state index contributed by atoms with van der Waals surface area (Å²) in [6.45, 7) is 5.42. The number of carbonyl (C=O) groups is 1. The van der Waals surface area contributed by atoms with E-state index in [-0.39, 0.29) is 12.3 Å². The van der Waals surface area contributed by atoms with Crippen LogP contribution in [0.25, 0.3) is 5.69 Å². The van der Waals surface area contributed by atoms with E-state index in [4.69, 9.17) is 0 Å². The third-order valence-electron chi connectivity index (χ3n) is 6.01. The molecule has 3 aromatic rings. The summed E-state index contributed by atoms with van der Waals surface area (Å²) in [7, 11) is 2.01. The van der Waals surface area contributed by atoms with E-state index in [1.807, 2.05) is 30.1 Å². The van der Waals surface area contributed by atoms with Crippen molar-refractivity contribution in [2.24, 2.45) is 0 Å². The minimum absolute atomic E-state index is 0.0232. The Balaban J connectivity index is 1.59. The predicted molar refractivity (Wildman–Crippen MR) is 117 cm³/mol. The van der Waals surface area contributed by atoms with Gasteiger partial charge >= 0.3 is 6.18 Å². The number of likely N-dealkylation sites (N-methyl/N-ethyl adjacent to an activating group) is 1. The average molecular weight is 442 g/mol. The number of hydrogen-bond acceptors (Lipinski definition) is 3. The molecule has 0 fully saturated rings. The number of carbonyl (C=O) groups excluding carboxylic acids is 1. The first-order chi connectivity index (χ1) is 15.1. The number of alkyl halides is 3. The Labute approximate surface area is 185 Å². The molecular formula is C24H25F3N4O. The SMILES string of the molecule is Cc1nn(-c2cccc(C(F)(F)F)c2)c(C)c1CC(=O)N1CCN(C)c2ccccc2C1. The van der Waals surface area contributed by atoms with Crippen molar-refractivity contribution < 1.29 is 18.0 Å². The minimum atomic E-state index is -4.43. The second-order valence-electron chi connectivity index (χ2n) is 8.15. The second kappa shape index (κ2) is 8.33. The Bertz CT molecular complexity index is 1150. The highest BCUT2D eigenvalue weighted by molar-refractivity contribution is 5.80. The van der Waals surface area contributed by atoms with Crippen LogP contribution in [0.1, 0.15) is 28.1 Å². The molecule has 0 N–H and O–H groups in total. The Morgan fingerprint density at radius 3 is 2.56 bits per heavy atom. The fourth-order valence-corrected chi connectivity index (χ4v) is 4.16. The summed E-state index contributed by atoms with van der Waals surface area (Å²) in [5.41, 5.74) is 3.86. The van der Waals surface area contributed by atoms with Crippen LogP contribution in [0.2, 0.25) is 0 Å². The molecule has 0 unspecified atom stereocenters. The zero-order valence-electron chi connectivity index (χ0n) is 18.3. The molecule has 0 saturated carbocycles. The topological polar surface area (TPSA) is 41.4 Å². The molecule has 1 aromatic heterocycles. The standard InChI is InChI=1S/C24H25F3N4O/c1-16-21(17(2)31(28-16)20-9-6-8-19(13-20)24(25,26)27)14-23(32)30-12-11-29(3)22-10-5-4-7-18(22)15-30/h4-10,13H,11-12,14-15H2,1-3H3. The van der Waals surface area contributed by atoms with Gasteiger partial charge in [-0.25, -0.2) is 4.68 Å². The third-order valence-corrected chi connectivity index (χ3v) is 6.01. The molecule has 2 heterocycles. The number of anilines is 1. The smallest absolute Gasteiger partial charge is 0.373 e. The lowest BCUT2D eigenvalue weighted by Crippen LogP contribution is -2.35. The Morgan fingerprint density at radius 2 is 1.81 bits per heavy atom. The molecule has 1 aliphatic heterocycles. The van der Waals surface area contributed by atoms with Gasteiger partial charge in [0, 0.05) is 43.6 Å². The van der Waals surface area contributed by atoms with Crippen LogP contribution in [-0.4, -0.2) is 40.7 Å². The normalized spacial score (nSPS) is 14.3. The highest BCUT2D eigenvalue weighted by atomic mass is 19.4. The lowest BCUT2D eigenvalue weighted by molar-refractivity contribution is -0.137. The van der Waals surface area contributed by atoms with Crippen molar-refractivity contribution >= 4 is 11.6 Å². The van der Waals surface area contributed by atoms with Gasteiger partial charge in [0.05, 0.1) is 23.4 Å². The summed E-state index contributed by atoms with van der Waals surface area (Å²) in [6, 6.07) is 13.1. The van der Waals surface area contributed by atoms with Crippen LogP contribution >= 0.6 is 0 Å². The van der Waals surface area contributed by atoms with Gasteiger partial charge in [-0.05, 0) is 43.7 Å². The molecule has 2 aromatic carbocycles. The van der Waals surface area contributed by atoms with E-state index in [1.165, 1.54) is 10.7 Å². The van der Waals surface area contributed by atoms with E-state index in [0.717, 1.165) is 35.5 Å². The zero-order valence-corrected chi connectivity index (χ0v) is 18.3. The summed E-state index contributed by atoms with van der Waals surface area (Å²) >= 11 is 0. The van der Waals surface area contributed by atoms with Crippen LogP contribution in [0.3, 0.4) is 0 Å². The number of halogens is 3. The van der Waals surface area contributed by atoms with Crippen LogP contribution in [0.15, 0.2) is 48.5 Å². The second-order valence-corrected chi connectivity index (χ2v) is 8.15. The number of fused-ring (bicyclic) bond motifs is 1. The van der Waals surface area contributed by atoms with Crippen molar-refractivity contribution in [3.8, 4) is 5.69 Å². The van der Waals surface area contributed by atoms with E-state index in [2.05, 4.69) is 16.1 Å². The summed E-state index contributed by atoms with van der Waals surface area (Å²) in [6.07, 6.45) is -4.27. The van der Waals surface area contributed by atoms with Gasteiger partial charge in [-0.1, -0.05) is 24.3 Å². The molecule has 8 heteroatoms. The molecule has 0 spiro atoms. The molecule has 0 atom stereocenters. The lowest BCUT2D eigenvalue weighted by Gasteiger charge is -2.21. The third kappa shape index (κ3) is 4.22. The van der Waals surface area contributed by atoms with Crippen molar-refractivity contribution in [3.63, 3.8) is 0 Å². The van der Waals surface area contributed by atoms with Crippen molar-refractivity contribution in [1.82, 2.24) is 14.7 Å². The molecule has 168 valence electrons. The van der Waals surface area contributed by atoms with Crippen molar-refractivity contribution in [2.75, 3.05) is 25.0 Å². The molecule has 0 aliphatic carbocycles. The maximum absolute atomic E-state index is 13.2. The Kier molecular flexibility index (Phi) is 5.71. The van der Waals surface area contributed by atoms with Crippen LogP contribution in [-0.2, 0) is 23.9 Å². The molecule has 0 bridgehead atoms. The van der Waals surface area contributed by atoms with Crippen LogP contribution in [0, 0.1) is 13.8 Å². The zero-order chi connectivity index (χ0) is 23.0. The predicted octanol–water partition coefficient (Wildman–Crippen LogP) is 4.53.